The molecule has 0 fully saturated rings. The number of ether oxygens (including phenoxy) is 2. The monoisotopic (exact) mass is 318 g/mol. The van der Waals surface area contributed by atoms with Crippen molar-refractivity contribution in [3.8, 4) is 5.69 Å². The summed E-state index contributed by atoms with van der Waals surface area (Å²) in [5.41, 5.74) is 3.60. The molecule has 1 aromatic heterocycles. The Bertz CT molecular complexity index is 785. The van der Waals surface area contributed by atoms with Crippen LogP contribution in [0, 0.1) is 20.8 Å². The van der Waals surface area contributed by atoms with Gasteiger partial charge in [0.15, 0.2) is 5.69 Å². The van der Waals surface area contributed by atoms with E-state index in [1.807, 2.05) is 32.0 Å². The highest BCUT2D eigenvalue weighted by Crippen LogP contribution is 2.20. The highest BCUT2D eigenvalue weighted by molar-refractivity contribution is 5.45. The van der Waals surface area contributed by atoms with Crippen LogP contribution in [0.2, 0.25) is 0 Å². The Morgan fingerprint density at radius 2 is 1.78 bits per heavy atom. The van der Waals surface area contributed by atoms with Gasteiger partial charge >= 0.3 is 0 Å². The molecule has 124 valence electrons. The van der Waals surface area contributed by atoms with Crippen LogP contribution >= 0.6 is 0 Å². The van der Waals surface area contributed by atoms with Crippen molar-refractivity contribution in [1.29, 1.82) is 0 Å². The minimum atomic E-state index is -1.22. The van der Waals surface area contributed by atoms with Gasteiger partial charge in [-0.05, 0) is 44.0 Å². The maximum Gasteiger partial charge on any atom is 0.299 e. The molecule has 7 nitrogen and oxygen atoms in total. The van der Waals surface area contributed by atoms with Gasteiger partial charge in [0, 0.05) is 21.1 Å². The van der Waals surface area contributed by atoms with E-state index in [2.05, 4.69) is 15.3 Å². The quantitative estimate of drug-likeness (QED) is 0.679. The highest BCUT2D eigenvalue weighted by Gasteiger charge is 2.22. The summed E-state index contributed by atoms with van der Waals surface area (Å²) in [5.74, 6) is -1.22. The van der Waals surface area contributed by atoms with E-state index in [0.29, 0.717) is 5.69 Å². The summed E-state index contributed by atoms with van der Waals surface area (Å²) in [6.07, 6.45) is 0. The topological polar surface area (TPSA) is 81.0 Å². The Hall–Kier alpha value is -2.25. The summed E-state index contributed by atoms with van der Waals surface area (Å²) >= 11 is 0. The maximum atomic E-state index is 12.6. The molecule has 0 atom stereocenters. The first-order valence-electron chi connectivity index (χ1n) is 7.23. The molecular formula is C16H22N4O3. The van der Waals surface area contributed by atoms with Gasteiger partial charge in [0.05, 0.1) is 11.4 Å². The van der Waals surface area contributed by atoms with Crippen LogP contribution in [0.25, 0.3) is 5.69 Å². The van der Waals surface area contributed by atoms with Crippen LogP contribution in [0.3, 0.4) is 0 Å². The molecule has 0 aliphatic rings. The predicted molar refractivity (Wildman–Crippen MR) is 87.5 cm³/mol. The van der Waals surface area contributed by atoms with Crippen LogP contribution in [-0.4, -0.2) is 29.9 Å². The zero-order valence-electron chi connectivity index (χ0n) is 14.3. The molecule has 0 radical (unpaired) electrons. The Morgan fingerprint density at radius 1 is 1.13 bits per heavy atom. The standard InChI is InChI=1S/C16H22N4O3/c1-10-7-8-13(9-11(10)2)20-15(21)14(12(3)18-20)17-19-16(4,22-5)23-6/h7-9,18H,1-6H3. The van der Waals surface area contributed by atoms with E-state index in [1.165, 1.54) is 24.5 Å². The molecular weight excluding hydrogens is 296 g/mol. The second kappa shape index (κ2) is 6.47. The van der Waals surface area contributed by atoms with E-state index in [-0.39, 0.29) is 11.2 Å². The number of hydrogen-bond acceptors (Lipinski definition) is 5. The average Bonchev–Trinajstić information content (AvgIpc) is 2.82. The van der Waals surface area contributed by atoms with Gasteiger partial charge in [0.25, 0.3) is 11.5 Å². The number of aromatic nitrogens is 2. The first-order chi connectivity index (χ1) is 10.8. The lowest BCUT2D eigenvalue weighted by Crippen LogP contribution is -2.26. The van der Waals surface area contributed by atoms with E-state index in [4.69, 9.17) is 9.47 Å². The summed E-state index contributed by atoms with van der Waals surface area (Å²) in [6, 6.07) is 5.80. The summed E-state index contributed by atoms with van der Waals surface area (Å²) in [5, 5.41) is 11.0. The van der Waals surface area contributed by atoms with Crippen molar-refractivity contribution in [2.75, 3.05) is 14.2 Å². The number of methoxy groups -OCH3 is 2. The lowest BCUT2D eigenvalue weighted by molar-refractivity contribution is -0.190. The maximum absolute atomic E-state index is 12.6. The number of hydrogen-bond donors (Lipinski definition) is 1. The SMILES string of the molecule is COC(C)(N=Nc1c(C)[nH]n(-c2ccc(C)c(C)c2)c1=O)OC. The number of benzene rings is 1. The number of aromatic amines is 1. The first kappa shape index (κ1) is 17.1. The average molecular weight is 318 g/mol. The largest absolute Gasteiger partial charge is 0.334 e. The van der Waals surface area contributed by atoms with Crippen molar-refractivity contribution in [2.24, 2.45) is 10.2 Å². The third-order valence-electron chi connectivity index (χ3n) is 3.88. The second-order valence-corrected chi connectivity index (χ2v) is 5.50. The molecule has 0 amide bonds. The number of aryl methyl sites for hydroxylation is 3. The molecule has 2 rings (SSSR count). The molecule has 23 heavy (non-hydrogen) atoms. The number of nitrogens with zero attached hydrogens (tertiary/aromatic N) is 3. The summed E-state index contributed by atoms with van der Waals surface area (Å²) < 4.78 is 11.7. The minimum absolute atomic E-state index is 0.226. The smallest absolute Gasteiger partial charge is 0.299 e. The van der Waals surface area contributed by atoms with E-state index < -0.39 is 5.91 Å². The van der Waals surface area contributed by atoms with Gasteiger partial charge < -0.3 is 9.47 Å². The minimum Gasteiger partial charge on any atom is -0.334 e. The van der Waals surface area contributed by atoms with E-state index in [9.17, 15) is 4.79 Å². The fourth-order valence-electron chi connectivity index (χ4n) is 2.01. The van der Waals surface area contributed by atoms with Crippen molar-refractivity contribution < 1.29 is 9.47 Å². The molecule has 0 saturated carbocycles. The molecule has 0 saturated heterocycles. The van der Waals surface area contributed by atoms with E-state index >= 15 is 0 Å². The van der Waals surface area contributed by atoms with Crippen molar-refractivity contribution in [2.45, 2.75) is 33.6 Å². The van der Waals surface area contributed by atoms with Gasteiger partial charge in [-0.3, -0.25) is 9.89 Å². The Balaban J connectivity index is 2.46. The third-order valence-corrected chi connectivity index (χ3v) is 3.88. The number of rotatable bonds is 5. The van der Waals surface area contributed by atoms with Crippen LogP contribution in [-0.2, 0) is 9.47 Å². The van der Waals surface area contributed by atoms with Crippen LogP contribution < -0.4 is 5.56 Å². The van der Waals surface area contributed by atoms with E-state index in [0.717, 1.165) is 11.3 Å². The Labute approximate surface area is 134 Å². The molecule has 1 aromatic carbocycles. The van der Waals surface area contributed by atoms with Crippen LogP contribution in [0.15, 0.2) is 33.2 Å². The second-order valence-electron chi connectivity index (χ2n) is 5.50. The Kier molecular flexibility index (Phi) is 4.82. The van der Waals surface area contributed by atoms with Gasteiger partial charge in [0.1, 0.15) is 0 Å². The fraction of sp³-hybridized carbons (Fsp3) is 0.438. The number of azo groups is 1. The van der Waals surface area contributed by atoms with Crippen molar-refractivity contribution in [3.05, 3.63) is 45.4 Å². The molecule has 0 bridgehead atoms. The molecule has 0 spiro atoms. The number of H-pyrrole nitrogens is 1. The molecule has 7 heteroatoms. The molecule has 1 N–H and O–H groups in total. The van der Waals surface area contributed by atoms with Crippen molar-refractivity contribution in [3.63, 3.8) is 0 Å². The van der Waals surface area contributed by atoms with Crippen molar-refractivity contribution in [1.82, 2.24) is 9.78 Å². The molecule has 0 unspecified atom stereocenters. The summed E-state index contributed by atoms with van der Waals surface area (Å²) in [6.45, 7) is 7.41. The van der Waals surface area contributed by atoms with Gasteiger partial charge in [-0.25, -0.2) is 4.68 Å². The third kappa shape index (κ3) is 3.40. The normalized spacial score (nSPS) is 12.3. The molecule has 0 aliphatic carbocycles. The molecule has 2 aromatic rings. The highest BCUT2D eigenvalue weighted by atomic mass is 16.7. The lowest BCUT2D eigenvalue weighted by atomic mass is 10.1. The summed E-state index contributed by atoms with van der Waals surface area (Å²) in [4.78, 5) is 12.6. The number of nitrogens with one attached hydrogen (secondary N) is 1. The zero-order valence-corrected chi connectivity index (χ0v) is 14.3. The van der Waals surface area contributed by atoms with Crippen LogP contribution in [0.4, 0.5) is 5.69 Å². The molecule has 0 aliphatic heterocycles. The predicted octanol–water partition coefficient (Wildman–Crippen LogP) is 3.14. The van der Waals surface area contributed by atoms with Crippen LogP contribution in [0.1, 0.15) is 23.7 Å². The van der Waals surface area contributed by atoms with Gasteiger partial charge in [-0.1, -0.05) is 6.07 Å². The zero-order chi connectivity index (χ0) is 17.2. The fourth-order valence-corrected chi connectivity index (χ4v) is 2.01. The molecule has 1 heterocycles. The lowest BCUT2D eigenvalue weighted by Gasteiger charge is -2.18. The van der Waals surface area contributed by atoms with Gasteiger partial charge in [0.2, 0.25) is 0 Å². The Morgan fingerprint density at radius 3 is 2.35 bits per heavy atom. The van der Waals surface area contributed by atoms with Gasteiger partial charge in [-0.15, -0.1) is 10.2 Å². The summed E-state index contributed by atoms with van der Waals surface area (Å²) in [7, 11) is 2.92. The van der Waals surface area contributed by atoms with E-state index in [1.54, 1.807) is 13.8 Å². The van der Waals surface area contributed by atoms with Gasteiger partial charge in [-0.2, -0.15) is 0 Å². The van der Waals surface area contributed by atoms with Crippen LogP contribution in [0.5, 0.6) is 0 Å². The first-order valence-corrected chi connectivity index (χ1v) is 7.23. The van der Waals surface area contributed by atoms with Crippen molar-refractivity contribution >= 4 is 5.69 Å².